The molecular weight excluding hydrogens is 756 g/mol. The van der Waals surface area contributed by atoms with Crippen LogP contribution in [0.3, 0.4) is 0 Å². The molecule has 3 aliphatic heterocycles. The second-order valence-corrected chi connectivity index (χ2v) is 28.6. The van der Waals surface area contributed by atoms with Gasteiger partial charge in [0, 0.05) is 36.4 Å². The lowest BCUT2D eigenvalue weighted by molar-refractivity contribution is -0.0574. The number of H-pyrrole nitrogens is 2. The smallest absolute Gasteiger partial charge is 0.414 e. The highest BCUT2D eigenvalue weighted by molar-refractivity contribution is 7.48. The van der Waals surface area contributed by atoms with Crippen LogP contribution in [0.2, 0.25) is 36.3 Å². The molecule has 0 aromatic carbocycles. The summed E-state index contributed by atoms with van der Waals surface area (Å²) >= 11 is 0. The van der Waals surface area contributed by atoms with Crippen molar-refractivity contribution in [1.29, 1.82) is 0 Å². The van der Waals surface area contributed by atoms with Crippen LogP contribution in [0.5, 0.6) is 0 Å². The minimum atomic E-state index is -4.43. The number of ether oxygens (including phenoxy) is 2. The number of nitrogens with one attached hydrogen (secondary N) is 2. The van der Waals surface area contributed by atoms with E-state index in [1.54, 1.807) is 19.1 Å². The van der Waals surface area contributed by atoms with Crippen LogP contribution in [0.4, 0.5) is 0 Å². The summed E-state index contributed by atoms with van der Waals surface area (Å²) < 4.78 is 61.6. The van der Waals surface area contributed by atoms with Gasteiger partial charge in [-0.05, 0) is 49.6 Å². The Balaban J connectivity index is 1.47. The Labute approximate surface area is 317 Å². The first-order valence-electron chi connectivity index (χ1n) is 18.4. The Bertz CT molecular complexity index is 1990. The first-order valence-corrected chi connectivity index (χ1v) is 25.7. The van der Waals surface area contributed by atoms with Gasteiger partial charge in [-0.3, -0.25) is 42.3 Å². The fourth-order valence-electron chi connectivity index (χ4n) is 5.87. The molecule has 302 valence electrons. The van der Waals surface area contributed by atoms with Crippen molar-refractivity contribution in [1.82, 2.24) is 19.1 Å². The van der Waals surface area contributed by atoms with E-state index in [-0.39, 0.29) is 49.2 Å². The predicted octanol–water partition coefficient (Wildman–Crippen LogP) is 5.02. The fourth-order valence-corrected chi connectivity index (χ4v) is 9.59. The topological polar surface area (TPSA) is 191 Å². The number of hydrogen-bond acceptors (Lipinski definition) is 12. The third-order valence-electron chi connectivity index (χ3n) is 11.3. The molecule has 5 heterocycles. The van der Waals surface area contributed by atoms with Crippen LogP contribution in [-0.4, -0.2) is 80.0 Å². The largest absolute Gasteiger partial charge is 0.475 e. The number of rotatable bonds is 8. The number of phosphoric ester groups is 1. The van der Waals surface area contributed by atoms with Crippen molar-refractivity contribution >= 4 is 24.5 Å². The molecule has 0 saturated carbocycles. The average molecular weight is 813 g/mol. The molecule has 1 unspecified atom stereocenters. The van der Waals surface area contributed by atoms with Gasteiger partial charge in [0.25, 0.3) is 11.1 Å². The second kappa shape index (κ2) is 15.8. The zero-order valence-corrected chi connectivity index (χ0v) is 36.2. The van der Waals surface area contributed by atoms with Crippen molar-refractivity contribution in [3.8, 4) is 0 Å². The number of aromatic nitrogens is 4. The Morgan fingerprint density at radius 2 is 1.41 bits per heavy atom. The zero-order valence-electron chi connectivity index (χ0n) is 33.3. The number of nitrogens with zero attached hydrogens (tertiary/aromatic N) is 2. The molecule has 2 aromatic rings. The van der Waals surface area contributed by atoms with E-state index < -0.39 is 83.8 Å². The van der Waals surface area contributed by atoms with Crippen LogP contribution in [0.25, 0.3) is 0 Å². The monoisotopic (exact) mass is 812 g/mol. The molecule has 3 aliphatic rings. The highest BCUT2D eigenvalue weighted by atomic mass is 31.2. The molecule has 4 bridgehead atoms. The molecule has 0 radical (unpaired) electrons. The van der Waals surface area contributed by atoms with E-state index in [0.717, 1.165) is 0 Å². The summed E-state index contributed by atoms with van der Waals surface area (Å²) in [6.07, 6.45) is 1.89. The highest BCUT2D eigenvalue weighted by Gasteiger charge is 2.49. The van der Waals surface area contributed by atoms with Crippen LogP contribution in [0.15, 0.2) is 43.7 Å². The van der Waals surface area contributed by atoms with Crippen molar-refractivity contribution in [3.63, 3.8) is 0 Å². The van der Waals surface area contributed by atoms with Gasteiger partial charge < -0.3 is 18.3 Å². The van der Waals surface area contributed by atoms with Gasteiger partial charge >= 0.3 is 19.2 Å². The summed E-state index contributed by atoms with van der Waals surface area (Å²) in [5, 5.41) is -0.277. The van der Waals surface area contributed by atoms with Gasteiger partial charge in [-0.2, -0.15) is 0 Å². The standard InChI is InChI=1S/C35H57N4O12PSi2/c1-22-18-38(32(42)36-30(22)40)28-16-24(27(49-28)21-47-53(8,9)34(2,3)4)50-52(44)45-15-13-12-14-23-19-39(33(43)37-31(23)41)29-17-25(26(48-29)20-46-52)51-54(10,11)35(5,6)7/h12-13,18-19,24-29H,14-17,20-21H2,1-11H3,(H,36,40,42)(H,37,41,43)/b13-12+/t24-,25-,26+,27+,28+,29+,52?/m0/s1. The van der Waals surface area contributed by atoms with Crippen LogP contribution in [0, 0.1) is 6.92 Å². The van der Waals surface area contributed by atoms with E-state index >= 15 is 0 Å². The Hall–Kier alpha value is -2.52. The quantitative estimate of drug-likeness (QED) is 0.206. The van der Waals surface area contributed by atoms with Gasteiger partial charge in [0.05, 0.1) is 25.9 Å². The third kappa shape index (κ3) is 9.53. The molecule has 2 fully saturated rings. The lowest BCUT2D eigenvalue weighted by atomic mass is 10.2. The minimum absolute atomic E-state index is 0.0584. The Morgan fingerprint density at radius 3 is 2.06 bits per heavy atom. The van der Waals surface area contributed by atoms with Crippen molar-refractivity contribution in [2.24, 2.45) is 0 Å². The second-order valence-electron chi connectivity index (χ2n) is 17.4. The van der Waals surface area contributed by atoms with Gasteiger partial charge in [-0.1, -0.05) is 53.7 Å². The van der Waals surface area contributed by atoms with Crippen LogP contribution in [0.1, 0.15) is 78.0 Å². The SMILES string of the molecule is Cc1cn([C@H]2C[C@H](OP3(=O)OC/C=C/Cc4cn(c(=O)[nH]c4=O)[C@H]4C[C@H](O[Si](C)(C)C(C)(C)C)[C@@H](CO3)O4)[C@@H](CO[Si](C)(C)C(C)(C)C)O2)c(=O)[nH]c1=O. The Kier molecular flexibility index (Phi) is 12.5. The molecule has 7 atom stereocenters. The van der Waals surface area contributed by atoms with Gasteiger partial charge in [-0.25, -0.2) is 14.2 Å². The van der Waals surface area contributed by atoms with E-state index in [4.69, 9.17) is 31.9 Å². The average Bonchev–Trinajstić information content (AvgIpc) is 3.63. The molecule has 2 N–H and O–H groups in total. The van der Waals surface area contributed by atoms with E-state index in [0.29, 0.717) is 11.1 Å². The number of phosphoric acid groups is 1. The first-order chi connectivity index (χ1) is 24.9. The maximum Gasteiger partial charge on any atom is 0.475 e. The molecule has 54 heavy (non-hydrogen) atoms. The molecule has 19 heteroatoms. The number of aromatic amines is 2. The van der Waals surface area contributed by atoms with Crippen LogP contribution in [-0.2, 0) is 42.9 Å². The van der Waals surface area contributed by atoms with E-state index in [9.17, 15) is 23.7 Å². The summed E-state index contributed by atoms with van der Waals surface area (Å²) in [5.41, 5.74) is -1.66. The van der Waals surface area contributed by atoms with Crippen molar-refractivity contribution in [2.75, 3.05) is 19.8 Å². The van der Waals surface area contributed by atoms with Crippen LogP contribution >= 0.6 is 7.82 Å². The summed E-state index contributed by atoms with van der Waals surface area (Å²) in [6, 6.07) is 0. The van der Waals surface area contributed by atoms with Gasteiger partial charge in [-0.15, -0.1) is 0 Å². The van der Waals surface area contributed by atoms with Gasteiger partial charge in [0.2, 0.25) is 0 Å². The van der Waals surface area contributed by atoms with E-state index in [1.165, 1.54) is 21.5 Å². The van der Waals surface area contributed by atoms with Crippen LogP contribution < -0.4 is 22.5 Å². The van der Waals surface area contributed by atoms with Gasteiger partial charge in [0.15, 0.2) is 16.6 Å². The maximum atomic E-state index is 14.7. The lowest BCUT2D eigenvalue weighted by Gasteiger charge is -2.39. The molecule has 5 rings (SSSR count). The Morgan fingerprint density at radius 1 is 0.815 bits per heavy atom. The number of hydrogen-bond donors (Lipinski definition) is 2. The van der Waals surface area contributed by atoms with Crippen molar-refractivity contribution in [3.05, 3.63) is 77.3 Å². The number of allylic oxidation sites excluding steroid dienone is 1. The summed E-state index contributed by atoms with van der Waals surface area (Å²) in [6.45, 7) is 22.2. The maximum absolute atomic E-state index is 14.7. The third-order valence-corrected chi connectivity index (χ3v) is 21.8. The normalized spacial score (nSPS) is 29.2. The predicted molar refractivity (Wildman–Crippen MR) is 207 cm³/mol. The first kappa shape index (κ1) is 42.6. The highest BCUT2D eigenvalue weighted by Crippen LogP contribution is 2.54. The zero-order chi connectivity index (χ0) is 40.0. The summed E-state index contributed by atoms with van der Waals surface area (Å²) in [7, 11) is -9.12. The van der Waals surface area contributed by atoms with E-state index in [2.05, 4.69) is 77.7 Å². The number of aryl methyl sites for hydroxylation is 1. The fraction of sp³-hybridized carbons (Fsp3) is 0.714. The van der Waals surface area contributed by atoms with Crippen molar-refractivity contribution in [2.45, 2.75) is 141 Å². The lowest BCUT2D eigenvalue weighted by Crippen LogP contribution is -2.46. The number of fused-ring (bicyclic) bond motifs is 5. The van der Waals surface area contributed by atoms with Crippen molar-refractivity contribution < 1.29 is 36.5 Å². The summed E-state index contributed by atoms with van der Waals surface area (Å²) in [5.74, 6) is 0. The van der Waals surface area contributed by atoms with E-state index in [1.807, 2.05) is 0 Å². The molecule has 2 saturated heterocycles. The minimum Gasteiger partial charge on any atom is -0.414 e. The molecule has 16 nitrogen and oxygen atoms in total. The molecule has 0 amide bonds. The molecule has 0 aliphatic carbocycles. The molecule has 2 aromatic heterocycles. The van der Waals surface area contributed by atoms with Gasteiger partial charge in [0.1, 0.15) is 30.8 Å². The summed E-state index contributed by atoms with van der Waals surface area (Å²) in [4.78, 5) is 55.5. The molecule has 0 spiro atoms. The molecular formula is C35H57N4O12PSi2.